The average Bonchev–Trinajstić information content (AvgIpc) is 3.90. The fraction of sp³-hybridized carbons (Fsp3) is 0.649. The molecule has 6 rings (SSSR count). The maximum Gasteiger partial charge on any atom is 0.251 e. The van der Waals surface area contributed by atoms with E-state index in [2.05, 4.69) is 48.0 Å². The fourth-order valence-electron chi connectivity index (χ4n) is 7.26. The van der Waals surface area contributed by atoms with E-state index in [-0.39, 0.29) is 18.6 Å². The Labute approximate surface area is 268 Å². The Bertz CT molecular complexity index is 1430. The zero-order valence-corrected chi connectivity index (χ0v) is 27.5. The highest BCUT2D eigenvalue weighted by atomic mass is 16.5. The molecule has 0 spiro atoms. The number of hydrogen-bond donors (Lipinski definition) is 2. The molecule has 3 aliphatic heterocycles. The summed E-state index contributed by atoms with van der Waals surface area (Å²) < 4.78 is 13.7. The smallest absolute Gasteiger partial charge is 0.251 e. The number of aliphatic hydroxyl groups is 1. The first-order valence-electron chi connectivity index (χ1n) is 17.5. The van der Waals surface area contributed by atoms with Crippen LogP contribution in [0, 0.1) is 24.7 Å². The predicted octanol–water partition coefficient (Wildman–Crippen LogP) is 5.55. The van der Waals surface area contributed by atoms with Crippen LogP contribution in [0.5, 0.6) is 0 Å². The summed E-state index contributed by atoms with van der Waals surface area (Å²) >= 11 is 0. The molecule has 1 amide bonds. The number of carbonyl (C=O) groups excluding carboxylic acids is 1. The summed E-state index contributed by atoms with van der Waals surface area (Å²) in [5.74, 6) is 2.67. The van der Waals surface area contributed by atoms with Crippen LogP contribution in [0.3, 0.4) is 0 Å². The van der Waals surface area contributed by atoms with Crippen molar-refractivity contribution in [1.82, 2.24) is 14.9 Å². The highest BCUT2D eigenvalue weighted by Gasteiger charge is 2.27. The second-order valence-corrected chi connectivity index (χ2v) is 14.0. The van der Waals surface area contributed by atoms with Crippen LogP contribution in [-0.4, -0.2) is 65.7 Å². The van der Waals surface area contributed by atoms with Crippen molar-refractivity contribution < 1.29 is 19.4 Å². The van der Waals surface area contributed by atoms with Gasteiger partial charge in [0, 0.05) is 61.9 Å². The molecule has 3 fully saturated rings. The van der Waals surface area contributed by atoms with E-state index in [9.17, 15) is 9.90 Å². The zero-order valence-electron chi connectivity index (χ0n) is 27.5. The monoisotopic (exact) mass is 616 g/mol. The van der Waals surface area contributed by atoms with Crippen molar-refractivity contribution in [2.75, 3.05) is 33.0 Å². The Morgan fingerprint density at radius 2 is 1.80 bits per heavy atom. The van der Waals surface area contributed by atoms with Crippen LogP contribution in [0.2, 0.25) is 0 Å². The Morgan fingerprint density at radius 3 is 2.49 bits per heavy atom. The third-order valence-electron chi connectivity index (χ3n) is 10.4. The lowest BCUT2D eigenvalue weighted by Crippen LogP contribution is -2.32. The molecule has 3 unspecified atom stereocenters. The lowest BCUT2D eigenvalue weighted by atomic mass is 9.89. The molecule has 8 nitrogen and oxygen atoms in total. The van der Waals surface area contributed by atoms with E-state index in [1.165, 1.54) is 12.1 Å². The molecule has 1 aromatic carbocycles. The Hall–Kier alpha value is -2.81. The molecule has 4 heterocycles. The SMILES string of the molecule is Cc1cc(C2=CC(C)CCn3c(C(C)CCC4CCOCC4)cc(=NC(CO)C4CCOCC4)nc32)ccc1C(=O)NC1CC1. The third-order valence-corrected chi connectivity index (χ3v) is 10.4. The summed E-state index contributed by atoms with van der Waals surface area (Å²) in [7, 11) is 0. The van der Waals surface area contributed by atoms with Crippen molar-refractivity contribution in [3.63, 3.8) is 0 Å². The van der Waals surface area contributed by atoms with Crippen molar-refractivity contribution >= 4 is 11.5 Å². The molecule has 1 aliphatic carbocycles. The fourth-order valence-corrected chi connectivity index (χ4v) is 7.26. The molecule has 2 N–H and O–H groups in total. The number of aliphatic hydroxyl groups excluding tert-OH is 1. The van der Waals surface area contributed by atoms with Crippen LogP contribution < -0.4 is 10.8 Å². The molecule has 2 saturated heterocycles. The number of hydrogen-bond acceptors (Lipinski definition) is 6. The van der Waals surface area contributed by atoms with Crippen molar-refractivity contribution in [2.45, 2.75) is 103 Å². The second kappa shape index (κ2) is 14.7. The summed E-state index contributed by atoms with van der Waals surface area (Å²) in [6.07, 6.45) is 11.9. The van der Waals surface area contributed by atoms with Crippen LogP contribution in [0.4, 0.5) is 0 Å². The number of fused-ring (bicyclic) bond motifs is 1. The number of rotatable bonds is 10. The number of aryl methyl sites for hydroxylation is 1. The number of benzene rings is 1. The summed E-state index contributed by atoms with van der Waals surface area (Å²) in [6.45, 7) is 10.8. The summed E-state index contributed by atoms with van der Waals surface area (Å²) in [5.41, 5.74) is 5.86. The van der Waals surface area contributed by atoms with Gasteiger partial charge in [-0.2, -0.15) is 0 Å². The lowest BCUT2D eigenvalue weighted by Gasteiger charge is -2.27. The highest BCUT2D eigenvalue weighted by molar-refractivity contribution is 5.96. The normalized spacial score (nSPS) is 23.2. The van der Waals surface area contributed by atoms with Gasteiger partial charge in [0.1, 0.15) is 5.82 Å². The number of aromatic nitrogens is 2. The molecule has 0 radical (unpaired) electrons. The van der Waals surface area contributed by atoms with E-state index in [0.29, 0.717) is 29.3 Å². The van der Waals surface area contributed by atoms with Gasteiger partial charge < -0.3 is 24.5 Å². The Morgan fingerprint density at radius 1 is 1.07 bits per heavy atom. The molecule has 2 aromatic rings. The van der Waals surface area contributed by atoms with Gasteiger partial charge >= 0.3 is 0 Å². The minimum atomic E-state index is -0.196. The molecule has 0 bridgehead atoms. The molecule has 1 saturated carbocycles. The van der Waals surface area contributed by atoms with E-state index in [1.807, 2.05) is 13.0 Å². The quantitative estimate of drug-likeness (QED) is 0.365. The topological polar surface area (TPSA) is 98.0 Å². The number of nitrogens with one attached hydrogen (secondary N) is 1. The van der Waals surface area contributed by atoms with Crippen molar-refractivity contribution in [1.29, 1.82) is 0 Å². The van der Waals surface area contributed by atoms with Crippen LogP contribution in [-0.2, 0) is 16.0 Å². The van der Waals surface area contributed by atoms with Crippen LogP contribution in [0.1, 0.15) is 111 Å². The van der Waals surface area contributed by atoms with Gasteiger partial charge in [0.15, 0.2) is 5.49 Å². The van der Waals surface area contributed by atoms with E-state index in [4.69, 9.17) is 19.5 Å². The van der Waals surface area contributed by atoms with Gasteiger partial charge in [-0.3, -0.25) is 9.79 Å². The molecular weight excluding hydrogens is 564 g/mol. The maximum absolute atomic E-state index is 12.9. The maximum atomic E-state index is 12.9. The first kappa shape index (κ1) is 32.1. The standard InChI is InChI=1S/C37H52N4O4/c1-24-10-15-41-34(25(2)4-5-27-11-16-44-17-12-27)22-35(39-33(23-42)28-13-18-45-19-14-28)40-36(41)32(20-24)29-6-9-31(26(3)21-29)37(43)38-30-7-8-30/h6,9,20-22,24-25,27-28,30,33,42H,4-5,7-8,10-19,23H2,1-3H3,(H,38,43). The van der Waals surface area contributed by atoms with Crippen molar-refractivity contribution in [2.24, 2.45) is 22.7 Å². The van der Waals surface area contributed by atoms with E-state index >= 15 is 0 Å². The number of carbonyl (C=O) groups is 1. The number of allylic oxidation sites excluding steroid dienone is 1. The summed E-state index contributed by atoms with van der Waals surface area (Å²) in [6, 6.07) is 8.53. The van der Waals surface area contributed by atoms with E-state index < -0.39 is 0 Å². The van der Waals surface area contributed by atoms with Gasteiger partial charge in [0.25, 0.3) is 5.91 Å². The van der Waals surface area contributed by atoms with E-state index in [1.54, 1.807) is 0 Å². The summed E-state index contributed by atoms with van der Waals surface area (Å²) in [4.78, 5) is 23.3. The van der Waals surface area contributed by atoms with Gasteiger partial charge in [-0.05, 0) is 106 Å². The van der Waals surface area contributed by atoms with Gasteiger partial charge in [-0.25, -0.2) is 4.98 Å². The molecule has 3 atom stereocenters. The molecule has 244 valence electrons. The van der Waals surface area contributed by atoms with Gasteiger partial charge in [-0.1, -0.05) is 32.1 Å². The van der Waals surface area contributed by atoms with E-state index in [0.717, 1.165) is 118 Å². The van der Waals surface area contributed by atoms with Crippen LogP contribution >= 0.6 is 0 Å². The van der Waals surface area contributed by atoms with Gasteiger partial charge in [0.2, 0.25) is 0 Å². The minimum Gasteiger partial charge on any atom is -0.394 e. The minimum absolute atomic E-state index is 0.00845. The molecule has 4 aliphatic rings. The zero-order chi connectivity index (χ0) is 31.3. The number of nitrogens with zero attached hydrogens (tertiary/aromatic N) is 3. The number of ether oxygens (including phenoxy) is 2. The highest BCUT2D eigenvalue weighted by Crippen LogP contribution is 2.33. The predicted molar refractivity (Wildman–Crippen MR) is 176 cm³/mol. The lowest BCUT2D eigenvalue weighted by molar-refractivity contribution is 0.0501. The summed E-state index contributed by atoms with van der Waals surface area (Å²) in [5, 5.41) is 13.6. The molecule has 1 aromatic heterocycles. The molecule has 45 heavy (non-hydrogen) atoms. The Balaban J connectivity index is 1.40. The largest absolute Gasteiger partial charge is 0.394 e. The van der Waals surface area contributed by atoms with Crippen molar-refractivity contribution in [3.05, 3.63) is 64.0 Å². The molecule has 8 heteroatoms. The van der Waals surface area contributed by atoms with Gasteiger partial charge in [0.05, 0.1) is 12.6 Å². The van der Waals surface area contributed by atoms with Gasteiger partial charge in [-0.15, -0.1) is 0 Å². The average molecular weight is 617 g/mol. The van der Waals surface area contributed by atoms with Crippen molar-refractivity contribution in [3.8, 4) is 0 Å². The second-order valence-electron chi connectivity index (χ2n) is 14.0. The van der Waals surface area contributed by atoms with Crippen LogP contribution in [0.25, 0.3) is 5.57 Å². The first-order chi connectivity index (χ1) is 21.9. The van der Waals surface area contributed by atoms with Crippen LogP contribution in [0.15, 0.2) is 35.3 Å². The third kappa shape index (κ3) is 7.95. The first-order valence-corrected chi connectivity index (χ1v) is 17.5. The number of amides is 1. The Kier molecular flexibility index (Phi) is 10.5. The molecular formula is C37H52N4O4.